The molecule has 0 radical (unpaired) electrons. The molecule has 0 bridgehead atoms. The Hall–Kier alpha value is -3.01. The van der Waals surface area contributed by atoms with Gasteiger partial charge in [0.2, 0.25) is 0 Å². The maximum Gasteiger partial charge on any atom is 0.133 e. The Labute approximate surface area is 141 Å². The summed E-state index contributed by atoms with van der Waals surface area (Å²) in [6.45, 7) is 2.11. The van der Waals surface area contributed by atoms with Gasteiger partial charge in [0.25, 0.3) is 0 Å². The molecular weight excluding hydrogens is 300 g/mol. The third-order valence-corrected chi connectivity index (χ3v) is 4.11. The molecule has 0 amide bonds. The molecule has 0 aliphatic carbocycles. The molecule has 0 atom stereocenters. The van der Waals surface area contributed by atoms with Gasteiger partial charge < -0.3 is 15.5 Å². The maximum absolute atomic E-state index is 9.56. The number of anilines is 1. The predicted molar refractivity (Wildman–Crippen MR) is 97.4 cm³/mol. The summed E-state index contributed by atoms with van der Waals surface area (Å²) >= 11 is 0. The van der Waals surface area contributed by atoms with Crippen LogP contribution in [0.5, 0.6) is 11.5 Å². The summed E-state index contributed by atoms with van der Waals surface area (Å²) in [6.07, 6.45) is 2.70. The molecule has 24 heavy (non-hydrogen) atoms. The maximum atomic E-state index is 9.56. The Morgan fingerprint density at radius 3 is 1.92 bits per heavy atom. The lowest BCUT2D eigenvalue weighted by atomic mass is 9.92. The number of aromatic hydroxyl groups is 2. The van der Waals surface area contributed by atoms with E-state index in [2.05, 4.69) is 17.2 Å². The fourth-order valence-electron chi connectivity index (χ4n) is 2.93. The molecule has 0 fully saturated rings. The van der Waals surface area contributed by atoms with Gasteiger partial charge in [-0.05, 0) is 47.4 Å². The van der Waals surface area contributed by atoms with Gasteiger partial charge in [0.05, 0.1) is 0 Å². The molecule has 4 heteroatoms. The highest BCUT2D eigenvalue weighted by Gasteiger charge is 2.16. The highest BCUT2D eigenvalue weighted by molar-refractivity contribution is 5.85. The number of phenols is 2. The predicted octanol–water partition coefficient (Wildman–Crippen LogP) is 4.43. The standard InChI is InChI=1S/C20H20N2O2/c1-3-17-18(13-4-8-15(23)9-5-13)12-22-20(21-2)19(17)14-6-10-16(24)11-7-14/h4-12,23-24H,3H2,1-2H3,(H,21,22). The summed E-state index contributed by atoms with van der Waals surface area (Å²) in [5.74, 6) is 1.29. The van der Waals surface area contributed by atoms with Crippen LogP contribution in [0.2, 0.25) is 0 Å². The molecule has 4 nitrogen and oxygen atoms in total. The second-order valence-electron chi connectivity index (χ2n) is 5.57. The van der Waals surface area contributed by atoms with Crippen LogP contribution in [0.25, 0.3) is 22.3 Å². The first-order valence-corrected chi connectivity index (χ1v) is 7.92. The van der Waals surface area contributed by atoms with Crippen LogP contribution < -0.4 is 5.32 Å². The average Bonchev–Trinajstić information content (AvgIpc) is 2.62. The minimum atomic E-state index is 0.241. The number of nitrogens with one attached hydrogen (secondary N) is 1. The molecular formula is C20H20N2O2. The van der Waals surface area contributed by atoms with Gasteiger partial charge in [-0.3, -0.25) is 0 Å². The molecule has 0 saturated heterocycles. The monoisotopic (exact) mass is 320 g/mol. The molecule has 3 aromatic rings. The van der Waals surface area contributed by atoms with Crippen molar-refractivity contribution in [1.29, 1.82) is 0 Å². The van der Waals surface area contributed by atoms with Crippen molar-refractivity contribution >= 4 is 5.82 Å². The molecule has 1 aromatic heterocycles. The Morgan fingerprint density at radius 2 is 1.42 bits per heavy atom. The third-order valence-electron chi connectivity index (χ3n) is 4.11. The van der Waals surface area contributed by atoms with Gasteiger partial charge in [0, 0.05) is 24.4 Å². The number of phenolic OH excluding ortho intramolecular Hbond substituents is 2. The Bertz CT molecular complexity index is 841. The van der Waals surface area contributed by atoms with Gasteiger partial charge >= 0.3 is 0 Å². The van der Waals surface area contributed by atoms with Crippen molar-refractivity contribution in [3.63, 3.8) is 0 Å². The summed E-state index contributed by atoms with van der Waals surface area (Å²) in [6, 6.07) is 14.3. The number of hydrogen-bond acceptors (Lipinski definition) is 4. The lowest BCUT2D eigenvalue weighted by Gasteiger charge is -2.17. The van der Waals surface area contributed by atoms with Gasteiger partial charge in [-0.1, -0.05) is 31.2 Å². The zero-order valence-electron chi connectivity index (χ0n) is 13.7. The van der Waals surface area contributed by atoms with E-state index in [0.29, 0.717) is 0 Å². The summed E-state index contributed by atoms with van der Waals surface area (Å²) in [5.41, 5.74) is 5.26. The van der Waals surface area contributed by atoms with Gasteiger partial charge in [-0.15, -0.1) is 0 Å². The van der Waals surface area contributed by atoms with Crippen LogP contribution in [0.15, 0.2) is 54.7 Å². The molecule has 0 aliphatic heterocycles. The smallest absolute Gasteiger partial charge is 0.133 e. The second-order valence-corrected chi connectivity index (χ2v) is 5.57. The van der Waals surface area contributed by atoms with E-state index in [0.717, 1.165) is 34.5 Å². The van der Waals surface area contributed by atoms with Crippen LogP contribution in [0, 0.1) is 0 Å². The lowest BCUT2D eigenvalue weighted by Crippen LogP contribution is -2.02. The number of pyridine rings is 1. The van der Waals surface area contributed by atoms with Crippen molar-refractivity contribution < 1.29 is 10.2 Å². The normalized spacial score (nSPS) is 10.6. The fraction of sp³-hybridized carbons (Fsp3) is 0.150. The molecule has 0 spiro atoms. The molecule has 0 aliphatic rings. The molecule has 3 N–H and O–H groups in total. The molecule has 2 aromatic carbocycles. The molecule has 0 saturated carbocycles. The van der Waals surface area contributed by atoms with Crippen molar-refractivity contribution in [3.05, 3.63) is 60.3 Å². The Kier molecular flexibility index (Phi) is 4.38. The third kappa shape index (κ3) is 2.91. The van der Waals surface area contributed by atoms with Crippen LogP contribution in [-0.2, 0) is 6.42 Å². The number of nitrogens with zero attached hydrogens (tertiary/aromatic N) is 1. The van der Waals surface area contributed by atoms with E-state index in [1.165, 1.54) is 5.56 Å². The summed E-state index contributed by atoms with van der Waals surface area (Å²) in [5, 5.41) is 22.2. The molecule has 0 unspecified atom stereocenters. The van der Waals surface area contributed by atoms with E-state index in [-0.39, 0.29) is 11.5 Å². The van der Waals surface area contributed by atoms with Crippen molar-refractivity contribution in [1.82, 2.24) is 4.98 Å². The second kappa shape index (κ2) is 6.62. The number of aromatic nitrogens is 1. The number of hydrogen-bond donors (Lipinski definition) is 3. The van der Waals surface area contributed by atoms with E-state index < -0.39 is 0 Å². The quantitative estimate of drug-likeness (QED) is 0.665. The summed E-state index contributed by atoms with van der Waals surface area (Å²) < 4.78 is 0. The topological polar surface area (TPSA) is 65.4 Å². The minimum absolute atomic E-state index is 0.241. The zero-order chi connectivity index (χ0) is 17.1. The Morgan fingerprint density at radius 1 is 0.875 bits per heavy atom. The molecule has 3 rings (SSSR count). The Balaban J connectivity index is 2.24. The van der Waals surface area contributed by atoms with E-state index >= 15 is 0 Å². The number of rotatable bonds is 4. The van der Waals surface area contributed by atoms with Crippen molar-refractivity contribution in [2.75, 3.05) is 12.4 Å². The van der Waals surface area contributed by atoms with E-state index in [4.69, 9.17) is 0 Å². The lowest BCUT2D eigenvalue weighted by molar-refractivity contribution is 0.475. The van der Waals surface area contributed by atoms with Gasteiger partial charge in [-0.2, -0.15) is 0 Å². The molecule has 122 valence electrons. The van der Waals surface area contributed by atoms with Crippen LogP contribution >= 0.6 is 0 Å². The summed E-state index contributed by atoms with van der Waals surface area (Å²) in [4.78, 5) is 4.57. The van der Waals surface area contributed by atoms with Crippen LogP contribution in [0.4, 0.5) is 5.82 Å². The van der Waals surface area contributed by atoms with Crippen molar-refractivity contribution in [2.24, 2.45) is 0 Å². The van der Waals surface area contributed by atoms with Gasteiger partial charge in [0.15, 0.2) is 0 Å². The first-order valence-electron chi connectivity index (χ1n) is 7.92. The highest BCUT2D eigenvalue weighted by Crippen LogP contribution is 2.37. The van der Waals surface area contributed by atoms with Gasteiger partial charge in [-0.25, -0.2) is 4.98 Å². The first-order chi connectivity index (χ1) is 11.6. The van der Waals surface area contributed by atoms with E-state index in [9.17, 15) is 10.2 Å². The largest absolute Gasteiger partial charge is 0.508 e. The van der Waals surface area contributed by atoms with Crippen LogP contribution in [0.3, 0.4) is 0 Å². The van der Waals surface area contributed by atoms with Gasteiger partial charge in [0.1, 0.15) is 17.3 Å². The number of benzene rings is 2. The van der Waals surface area contributed by atoms with Crippen molar-refractivity contribution in [3.8, 4) is 33.8 Å². The highest BCUT2D eigenvalue weighted by atomic mass is 16.3. The van der Waals surface area contributed by atoms with Crippen molar-refractivity contribution in [2.45, 2.75) is 13.3 Å². The van der Waals surface area contributed by atoms with Crippen LogP contribution in [0.1, 0.15) is 12.5 Å². The fourth-order valence-corrected chi connectivity index (χ4v) is 2.93. The summed E-state index contributed by atoms with van der Waals surface area (Å²) in [7, 11) is 1.85. The van der Waals surface area contributed by atoms with E-state index in [1.54, 1.807) is 24.3 Å². The molecule has 1 heterocycles. The van der Waals surface area contributed by atoms with Crippen LogP contribution in [-0.4, -0.2) is 22.2 Å². The minimum Gasteiger partial charge on any atom is -0.508 e. The zero-order valence-corrected chi connectivity index (χ0v) is 13.7. The first kappa shape index (κ1) is 15.9. The average molecular weight is 320 g/mol. The SMILES string of the molecule is CCc1c(-c2ccc(O)cc2)cnc(NC)c1-c1ccc(O)cc1. The van der Waals surface area contributed by atoms with E-state index in [1.807, 2.05) is 37.5 Å².